The second-order valence-corrected chi connectivity index (χ2v) is 5.50. The van der Waals surface area contributed by atoms with E-state index in [0.717, 1.165) is 18.0 Å². The average Bonchev–Trinajstić information content (AvgIpc) is 2.39. The lowest BCUT2D eigenvalue weighted by Gasteiger charge is -2.32. The number of nitrogens with one attached hydrogen (secondary N) is 2. The number of carbonyl (C=O) groups is 1. The summed E-state index contributed by atoms with van der Waals surface area (Å²) in [6, 6.07) is 9.55. The average molecular weight is 262 g/mol. The van der Waals surface area contributed by atoms with Gasteiger partial charge >= 0.3 is 6.09 Å². The molecule has 4 heteroatoms. The molecule has 19 heavy (non-hydrogen) atoms. The third-order valence-corrected chi connectivity index (χ3v) is 3.75. The van der Waals surface area contributed by atoms with Gasteiger partial charge in [-0.15, -0.1) is 5.48 Å². The molecule has 1 saturated carbocycles. The summed E-state index contributed by atoms with van der Waals surface area (Å²) in [7, 11) is 0. The molecule has 3 atom stereocenters. The van der Waals surface area contributed by atoms with Crippen molar-refractivity contribution in [2.45, 2.75) is 39.2 Å². The normalized spacial score (nSPS) is 26.7. The van der Waals surface area contributed by atoms with E-state index >= 15 is 0 Å². The molecule has 1 amide bonds. The standard InChI is InChI=1S/C15H22N2O2/c1-11-8-9-14(12(2)10-11)17-19-15(18)16-13-6-4-3-5-7-13/h3-7,11-12,14,17H,8-10H2,1-2H3,(H,16,18). The van der Waals surface area contributed by atoms with E-state index in [1.807, 2.05) is 30.3 Å². The fraction of sp³-hybridized carbons (Fsp3) is 0.533. The van der Waals surface area contributed by atoms with E-state index in [0.29, 0.717) is 5.92 Å². The number of hydrogen-bond donors (Lipinski definition) is 2. The van der Waals surface area contributed by atoms with Crippen LogP contribution in [0.5, 0.6) is 0 Å². The minimum Gasteiger partial charge on any atom is -0.353 e. The van der Waals surface area contributed by atoms with Crippen LogP contribution in [0.25, 0.3) is 0 Å². The number of para-hydroxylation sites is 1. The van der Waals surface area contributed by atoms with E-state index in [9.17, 15) is 4.79 Å². The fourth-order valence-corrected chi connectivity index (χ4v) is 2.63. The highest BCUT2D eigenvalue weighted by atomic mass is 16.7. The van der Waals surface area contributed by atoms with Crippen molar-refractivity contribution >= 4 is 11.8 Å². The quantitative estimate of drug-likeness (QED) is 0.819. The van der Waals surface area contributed by atoms with Crippen molar-refractivity contribution in [3.05, 3.63) is 30.3 Å². The zero-order valence-corrected chi connectivity index (χ0v) is 11.6. The highest BCUT2D eigenvalue weighted by Gasteiger charge is 2.26. The van der Waals surface area contributed by atoms with Crippen LogP contribution in [0.3, 0.4) is 0 Å². The van der Waals surface area contributed by atoms with Crippen molar-refractivity contribution in [3.8, 4) is 0 Å². The Morgan fingerprint density at radius 1 is 1.21 bits per heavy atom. The van der Waals surface area contributed by atoms with Gasteiger partial charge in [-0.05, 0) is 43.2 Å². The van der Waals surface area contributed by atoms with Crippen LogP contribution in [0, 0.1) is 11.8 Å². The van der Waals surface area contributed by atoms with Gasteiger partial charge in [-0.25, -0.2) is 4.79 Å². The van der Waals surface area contributed by atoms with Crippen LogP contribution in [0.1, 0.15) is 33.1 Å². The summed E-state index contributed by atoms with van der Waals surface area (Å²) >= 11 is 0. The largest absolute Gasteiger partial charge is 0.430 e. The van der Waals surface area contributed by atoms with E-state index in [4.69, 9.17) is 4.84 Å². The van der Waals surface area contributed by atoms with Crippen molar-refractivity contribution < 1.29 is 9.63 Å². The Hall–Kier alpha value is -1.55. The molecular weight excluding hydrogens is 240 g/mol. The Morgan fingerprint density at radius 2 is 1.95 bits per heavy atom. The molecule has 0 aromatic heterocycles. The highest BCUT2D eigenvalue weighted by molar-refractivity contribution is 5.84. The highest BCUT2D eigenvalue weighted by Crippen LogP contribution is 2.28. The van der Waals surface area contributed by atoms with Crippen LogP contribution in [0.15, 0.2) is 30.3 Å². The molecule has 104 valence electrons. The van der Waals surface area contributed by atoms with E-state index in [1.165, 1.54) is 12.8 Å². The zero-order chi connectivity index (χ0) is 13.7. The van der Waals surface area contributed by atoms with Crippen LogP contribution in [0.2, 0.25) is 0 Å². The molecule has 0 radical (unpaired) electrons. The van der Waals surface area contributed by atoms with Gasteiger partial charge in [0, 0.05) is 11.7 Å². The van der Waals surface area contributed by atoms with Gasteiger partial charge < -0.3 is 4.84 Å². The maximum atomic E-state index is 11.6. The van der Waals surface area contributed by atoms with E-state index in [1.54, 1.807) is 0 Å². The Labute approximate surface area is 114 Å². The maximum Gasteiger partial charge on any atom is 0.430 e. The van der Waals surface area contributed by atoms with E-state index < -0.39 is 6.09 Å². The zero-order valence-electron chi connectivity index (χ0n) is 11.6. The molecule has 4 nitrogen and oxygen atoms in total. The fourth-order valence-electron chi connectivity index (χ4n) is 2.63. The third kappa shape index (κ3) is 4.24. The van der Waals surface area contributed by atoms with Crippen LogP contribution >= 0.6 is 0 Å². The number of anilines is 1. The van der Waals surface area contributed by atoms with Gasteiger partial charge in [-0.1, -0.05) is 32.0 Å². The van der Waals surface area contributed by atoms with Gasteiger partial charge in [0.2, 0.25) is 0 Å². The molecule has 1 aromatic rings. The first-order valence-corrected chi connectivity index (χ1v) is 6.93. The first kappa shape index (κ1) is 13.9. The second-order valence-electron chi connectivity index (χ2n) is 5.50. The summed E-state index contributed by atoms with van der Waals surface area (Å²) < 4.78 is 0. The topological polar surface area (TPSA) is 50.4 Å². The van der Waals surface area contributed by atoms with Crippen molar-refractivity contribution in [1.29, 1.82) is 0 Å². The summed E-state index contributed by atoms with van der Waals surface area (Å²) in [5, 5.41) is 2.68. The maximum absolute atomic E-state index is 11.6. The third-order valence-electron chi connectivity index (χ3n) is 3.75. The summed E-state index contributed by atoms with van der Waals surface area (Å²) in [5.74, 6) is 1.31. The molecular formula is C15H22N2O2. The number of carbonyl (C=O) groups excluding carboxylic acids is 1. The number of benzene rings is 1. The van der Waals surface area contributed by atoms with E-state index in [-0.39, 0.29) is 6.04 Å². The Kier molecular flexibility index (Phi) is 4.80. The summed E-state index contributed by atoms with van der Waals surface area (Å²) in [4.78, 5) is 16.7. The molecule has 0 spiro atoms. The van der Waals surface area contributed by atoms with Crippen molar-refractivity contribution in [1.82, 2.24) is 5.48 Å². The van der Waals surface area contributed by atoms with Crippen molar-refractivity contribution in [3.63, 3.8) is 0 Å². The summed E-state index contributed by atoms with van der Waals surface area (Å²) in [6.07, 6.45) is 2.96. The van der Waals surface area contributed by atoms with Gasteiger partial charge in [-0.3, -0.25) is 5.32 Å². The predicted molar refractivity (Wildman–Crippen MR) is 75.6 cm³/mol. The molecule has 1 aliphatic rings. The number of rotatable bonds is 3. The van der Waals surface area contributed by atoms with Gasteiger partial charge in [0.05, 0.1) is 0 Å². The van der Waals surface area contributed by atoms with E-state index in [2.05, 4.69) is 24.6 Å². The first-order valence-electron chi connectivity index (χ1n) is 6.93. The molecule has 0 saturated heterocycles. The molecule has 1 aliphatic carbocycles. The summed E-state index contributed by atoms with van der Waals surface area (Å²) in [5.41, 5.74) is 3.64. The Morgan fingerprint density at radius 3 is 2.63 bits per heavy atom. The van der Waals surface area contributed by atoms with Crippen molar-refractivity contribution in [2.24, 2.45) is 11.8 Å². The predicted octanol–water partition coefficient (Wildman–Crippen LogP) is 3.56. The number of hydroxylamine groups is 1. The Bertz CT molecular complexity index is 408. The van der Waals surface area contributed by atoms with Gasteiger partial charge in [-0.2, -0.15) is 0 Å². The molecule has 2 rings (SSSR count). The SMILES string of the molecule is CC1CCC(NOC(=O)Nc2ccccc2)C(C)C1. The molecule has 0 bridgehead atoms. The lowest BCUT2D eigenvalue weighted by molar-refractivity contribution is 0.0462. The Balaban J connectivity index is 1.74. The molecule has 3 unspecified atom stereocenters. The molecule has 0 aliphatic heterocycles. The van der Waals surface area contributed by atoms with Crippen LogP contribution in [0.4, 0.5) is 10.5 Å². The monoisotopic (exact) mass is 262 g/mol. The van der Waals surface area contributed by atoms with Gasteiger partial charge in [0.1, 0.15) is 0 Å². The lowest BCUT2D eigenvalue weighted by Crippen LogP contribution is -2.40. The van der Waals surface area contributed by atoms with Crippen molar-refractivity contribution in [2.75, 3.05) is 5.32 Å². The molecule has 2 N–H and O–H groups in total. The smallest absolute Gasteiger partial charge is 0.353 e. The van der Waals surface area contributed by atoms with Crippen LogP contribution in [-0.4, -0.2) is 12.1 Å². The minimum atomic E-state index is -0.461. The molecule has 1 fully saturated rings. The van der Waals surface area contributed by atoms with Crippen LogP contribution < -0.4 is 10.8 Å². The minimum absolute atomic E-state index is 0.262. The first-order chi connectivity index (χ1) is 9.15. The van der Waals surface area contributed by atoms with Crippen LogP contribution in [-0.2, 0) is 4.84 Å². The lowest BCUT2D eigenvalue weighted by atomic mass is 9.80. The van der Waals surface area contributed by atoms with Gasteiger partial charge in [0.15, 0.2) is 0 Å². The summed E-state index contributed by atoms with van der Waals surface area (Å²) in [6.45, 7) is 4.47. The number of hydrogen-bond acceptors (Lipinski definition) is 3. The number of amides is 1. The second kappa shape index (κ2) is 6.57. The molecule has 1 aromatic carbocycles. The van der Waals surface area contributed by atoms with Gasteiger partial charge in [0.25, 0.3) is 0 Å². The molecule has 0 heterocycles.